The molecule has 2 aromatic heterocycles. The lowest BCUT2D eigenvalue weighted by Crippen LogP contribution is -1.83. The van der Waals surface area contributed by atoms with E-state index in [1.807, 2.05) is 6.07 Å². The van der Waals surface area contributed by atoms with Crippen LogP contribution in [0, 0.1) is 13.8 Å². The molecule has 14 heavy (non-hydrogen) atoms. The standard InChI is InChI=1S/C11H10ClNS/c1-7-8(2)14-6-10(7)11-5-9(12)3-4-13-11/h3-6H,1-2H3. The summed E-state index contributed by atoms with van der Waals surface area (Å²) in [4.78, 5) is 5.64. The second kappa shape index (κ2) is 3.71. The molecule has 0 unspecified atom stereocenters. The predicted octanol–water partition coefficient (Wildman–Crippen LogP) is 4.08. The van der Waals surface area contributed by atoms with Crippen LogP contribution in [0.1, 0.15) is 10.4 Å². The third-order valence-electron chi connectivity index (χ3n) is 2.28. The molecule has 0 N–H and O–H groups in total. The van der Waals surface area contributed by atoms with Gasteiger partial charge < -0.3 is 0 Å². The van der Waals surface area contributed by atoms with Crippen molar-refractivity contribution in [3.05, 3.63) is 39.2 Å². The van der Waals surface area contributed by atoms with Gasteiger partial charge in [0.15, 0.2) is 0 Å². The Kier molecular flexibility index (Phi) is 2.57. The summed E-state index contributed by atoms with van der Waals surface area (Å²) in [6.07, 6.45) is 1.74. The van der Waals surface area contributed by atoms with Crippen LogP contribution in [0.4, 0.5) is 0 Å². The average molecular weight is 224 g/mol. The highest BCUT2D eigenvalue weighted by Gasteiger charge is 2.07. The Morgan fingerprint density at radius 3 is 2.71 bits per heavy atom. The molecular formula is C11H10ClNS. The summed E-state index contributed by atoms with van der Waals surface area (Å²) in [7, 11) is 0. The molecule has 72 valence electrons. The van der Waals surface area contributed by atoms with E-state index in [-0.39, 0.29) is 0 Å². The van der Waals surface area contributed by atoms with E-state index >= 15 is 0 Å². The van der Waals surface area contributed by atoms with E-state index < -0.39 is 0 Å². The third kappa shape index (κ3) is 1.68. The van der Waals surface area contributed by atoms with Gasteiger partial charge in [-0.25, -0.2) is 0 Å². The first-order chi connectivity index (χ1) is 6.68. The van der Waals surface area contributed by atoms with Crippen molar-refractivity contribution in [2.45, 2.75) is 13.8 Å². The summed E-state index contributed by atoms with van der Waals surface area (Å²) >= 11 is 7.67. The molecule has 2 aromatic rings. The molecule has 3 heteroatoms. The Morgan fingerprint density at radius 1 is 1.36 bits per heavy atom. The lowest BCUT2D eigenvalue weighted by atomic mass is 10.1. The average Bonchev–Trinajstić information content (AvgIpc) is 2.48. The minimum Gasteiger partial charge on any atom is -0.256 e. The van der Waals surface area contributed by atoms with Crippen LogP contribution in [0.15, 0.2) is 23.7 Å². The summed E-state index contributed by atoms with van der Waals surface area (Å²) in [5.41, 5.74) is 3.44. The summed E-state index contributed by atoms with van der Waals surface area (Å²) in [6, 6.07) is 3.69. The zero-order chi connectivity index (χ0) is 10.1. The fourth-order valence-corrected chi connectivity index (χ4v) is 2.36. The minimum absolute atomic E-state index is 0.734. The van der Waals surface area contributed by atoms with E-state index in [4.69, 9.17) is 11.6 Å². The van der Waals surface area contributed by atoms with Crippen LogP contribution in [0.2, 0.25) is 5.02 Å². The van der Waals surface area contributed by atoms with Crippen molar-refractivity contribution in [1.29, 1.82) is 0 Å². The monoisotopic (exact) mass is 223 g/mol. The number of hydrogen-bond donors (Lipinski definition) is 0. The predicted molar refractivity (Wildman–Crippen MR) is 62.0 cm³/mol. The number of rotatable bonds is 1. The van der Waals surface area contributed by atoms with Gasteiger partial charge >= 0.3 is 0 Å². The summed E-state index contributed by atoms with van der Waals surface area (Å²) in [5, 5.41) is 2.86. The smallest absolute Gasteiger partial charge is 0.0727 e. The molecule has 0 amide bonds. The van der Waals surface area contributed by atoms with E-state index in [2.05, 4.69) is 24.2 Å². The zero-order valence-electron chi connectivity index (χ0n) is 8.04. The summed E-state index contributed by atoms with van der Waals surface area (Å²) in [5.74, 6) is 0. The summed E-state index contributed by atoms with van der Waals surface area (Å²) in [6.45, 7) is 4.23. The molecule has 2 rings (SSSR count). The lowest BCUT2D eigenvalue weighted by Gasteiger charge is -1.99. The number of nitrogens with zero attached hydrogens (tertiary/aromatic N) is 1. The van der Waals surface area contributed by atoms with Gasteiger partial charge in [-0.2, -0.15) is 0 Å². The maximum atomic E-state index is 5.92. The van der Waals surface area contributed by atoms with Gasteiger partial charge in [-0.15, -0.1) is 11.3 Å². The van der Waals surface area contributed by atoms with Gasteiger partial charge in [-0.1, -0.05) is 11.6 Å². The van der Waals surface area contributed by atoms with E-state index in [1.165, 1.54) is 16.0 Å². The minimum atomic E-state index is 0.734. The van der Waals surface area contributed by atoms with Crippen LogP contribution >= 0.6 is 22.9 Å². The number of pyridine rings is 1. The topological polar surface area (TPSA) is 12.9 Å². The van der Waals surface area contributed by atoms with Gasteiger partial charge in [-0.3, -0.25) is 4.98 Å². The van der Waals surface area contributed by atoms with Crippen LogP contribution in [0.5, 0.6) is 0 Å². The number of aryl methyl sites for hydroxylation is 1. The molecule has 2 heterocycles. The van der Waals surface area contributed by atoms with Crippen LogP contribution in [0.3, 0.4) is 0 Å². The van der Waals surface area contributed by atoms with Crippen molar-refractivity contribution in [1.82, 2.24) is 4.98 Å². The van der Waals surface area contributed by atoms with Crippen molar-refractivity contribution < 1.29 is 0 Å². The van der Waals surface area contributed by atoms with Gasteiger partial charge in [0.05, 0.1) is 5.69 Å². The highest BCUT2D eigenvalue weighted by molar-refractivity contribution is 7.10. The quantitative estimate of drug-likeness (QED) is 0.710. The van der Waals surface area contributed by atoms with E-state index in [0.29, 0.717) is 0 Å². The Morgan fingerprint density at radius 2 is 2.14 bits per heavy atom. The normalized spacial score (nSPS) is 10.5. The third-order valence-corrected chi connectivity index (χ3v) is 3.53. The maximum Gasteiger partial charge on any atom is 0.0727 e. The maximum absolute atomic E-state index is 5.92. The first-order valence-electron chi connectivity index (χ1n) is 4.35. The van der Waals surface area contributed by atoms with Gasteiger partial charge in [0, 0.05) is 27.0 Å². The van der Waals surface area contributed by atoms with Gasteiger partial charge in [0.25, 0.3) is 0 Å². The molecular weight excluding hydrogens is 214 g/mol. The molecule has 0 aliphatic carbocycles. The second-order valence-electron chi connectivity index (χ2n) is 3.19. The van der Waals surface area contributed by atoms with Crippen LogP contribution < -0.4 is 0 Å². The van der Waals surface area contributed by atoms with Gasteiger partial charge in [0.2, 0.25) is 0 Å². The second-order valence-corrected chi connectivity index (χ2v) is 4.71. The van der Waals surface area contributed by atoms with Crippen molar-refractivity contribution in [3.63, 3.8) is 0 Å². The number of aromatic nitrogens is 1. The molecule has 0 radical (unpaired) electrons. The van der Waals surface area contributed by atoms with E-state index in [1.54, 1.807) is 23.6 Å². The Labute approximate surface area is 92.4 Å². The Hall–Kier alpha value is -0.860. The van der Waals surface area contributed by atoms with Crippen LogP contribution in [-0.4, -0.2) is 4.98 Å². The molecule has 0 aromatic carbocycles. The van der Waals surface area contributed by atoms with E-state index in [9.17, 15) is 0 Å². The molecule has 0 atom stereocenters. The van der Waals surface area contributed by atoms with Crippen LogP contribution in [0.25, 0.3) is 11.3 Å². The highest BCUT2D eigenvalue weighted by Crippen LogP contribution is 2.29. The first-order valence-corrected chi connectivity index (χ1v) is 5.61. The fourth-order valence-electron chi connectivity index (χ4n) is 1.32. The van der Waals surface area contributed by atoms with Gasteiger partial charge in [0.1, 0.15) is 0 Å². The van der Waals surface area contributed by atoms with Crippen molar-refractivity contribution in [2.24, 2.45) is 0 Å². The molecule has 0 aliphatic heterocycles. The highest BCUT2D eigenvalue weighted by atomic mass is 35.5. The molecule has 0 saturated carbocycles. The Balaban J connectivity index is 2.55. The van der Waals surface area contributed by atoms with E-state index in [0.717, 1.165) is 10.7 Å². The van der Waals surface area contributed by atoms with Crippen LogP contribution in [-0.2, 0) is 0 Å². The van der Waals surface area contributed by atoms with Crippen molar-refractivity contribution >= 4 is 22.9 Å². The molecule has 0 spiro atoms. The molecule has 0 fully saturated rings. The zero-order valence-corrected chi connectivity index (χ0v) is 9.62. The molecule has 1 nitrogen and oxygen atoms in total. The van der Waals surface area contributed by atoms with Gasteiger partial charge in [-0.05, 0) is 31.5 Å². The molecule has 0 saturated heterocycles. The van der Waals surface area contributed by atoms with Crippen molar-refractivity contribution in [2.75, 3.05) is 0 Å². The number of thiophene rings is 1. The SMILES string of the molecule is Cc1scc(-c2cc(Cl)ccn2)c1C. The number of hydrogen-bond acceptors (Lipinski definition) is 2. The first kappa shape index (κ1) is 9.69. The van der Waals surface area contributed by atoms with Crippen molar-refractivity contribution in [3.8, 4) is 11.3 Å². The summed E-state index contributed by atoms with van der Waals surface area (Å²) < 4.78 is 0. The molecule has 0 aliphatic rings. The number of halogens is 1. The molecule has 0 bridgehead atoms. The fraction of sp³-hybridized carbons (Fsp3) is 0.182. The lowest BCUT2D eigenvalue weighted by molar-refractivity contribution is 1.31. The Bertz CT molecular complexity index is 462. The largest absolute Gasteiger partial charge is 0.256 e.